The van der Waals surface area contributed by atoms with Gasteiger partial charge in [0.25, 0.3) is 0 Å². The first-order valence-corrected chi connectivity index (χ1v) is 5.72. The molecule has 0 aliphatic carbocycles. The molecule has 3 heteroatoms. The summed E-state index contributed by atoms with van der Waals surface area (Å²) in [5, 5.41) is 9.25. The van der Waals surface area contributed by atoms with Crippen molar-refractivity contribution < 1.29 is 14.2 Å². The third-order valence-electron chi connectivity index (χ3n) is 2.50. The van der Waals surface area contributed by atoms with Crippen molar-refractivity contribution in [1.29, 1.82) is 0 Å². The number of hydrogen-bond acceptors (Lipinski definition) is 2. The maximum atomic E-state index is 13.0. The van der Waals surface area contributed by atoms with E-state index in [1.807, 2.05) is 6.07 Å². The standard InChI is InChI=1S/C13H19FO2/c1-2-7-16-8-6-12(10-15)11-4-3-5-13(14)9-11/h3-5,9,12,15H,2,6-8,10H2,1H3. The van der Waals surface area contributed by atoms with Gasteiger partial charge in [0, 0.05) is 19.1 Å². The van der Waals surface area contributed by atoms with Crippen molar-refractivity contribution in [3.8, 4) is 0 Å². The van der Waals surface area contributed by atoms with Gasteiger partial charge >= 0.3 is 0 Å². The van der Waals surface area contributed by atoms with E-state index in [2.05, 4.69) is 6.92 Å². The molecule has 16 heavy (non-hydrogen) atoms. The summed E-state index contributed by atoms with van der Waals surface area (Å²) in [7, 11) is 0. The van der Waals surface area contributed by atoms with Crippen LogP contribution in [0.1, 0.15) is 31.2 Å². The largest absolute Gasteiger partial charge is 0.396 e. The zero-order valence-electron chi connectivity index (χ0n) is 9.66. The molecule has 0 aliphatic heterocycles. The Bertz CT molecular complexity index is 302. The van der Waals surface area contributed by atoms with Gasteiger partial charge in [0.1, 0.15) is 5.82 Å². The van der Waals surface area contributed by atoms with Crippen LogP contribution in [0.4, 0.5) is 4.39 Å². The molecule has 1 rings (SSSR count). The highest BCUT2D eigenvalue weighted by molar-refractivity contribution is 5.20. The highest BCUT2D eigenvalue weighted by Crippen LogP contribution is 2.19. The molecule has 2 nitrogen and oxygen atoms in total. The number of halogens is 1. The fraction of sp³-hybridized carbons (Fsp3) is 0.538. The van der Waals surface area contributed by atoms with E-state index in [-0.39, 0.29) is 18.3 Å². The average molecular weight is 226 g/mol. The van der Waals surface area contributed by atoms with Gasteiger partial charge in [-0.2, -0.15) is 0 Å². The molecule has 90 valence electrons. The Morgan fingerprint density at radius 3 is 2.81 bits per heavy atom. The third-order valence-corrected chi connectivity index (χ3v) is 2.50. The highest BCUT2D eigenvalue weighted by atomic mass is 19.1. The first-order valence-electron chi connectivity index (χ1n) is 5.72. The van der Waals surface area contributed by atoms with Crippen LogP contribution in [-0.2, 0) is 4.74 Å². The van der Waals surface area contributed by atoms with Crippen molar-refractivity contribution in [3.63, 3.8) is 0 Å². The summed E-state index contributed by atoms with van der Waals surface area (Å²) in [6.07, 6.45) is 1.71. The van der Waals surface area contributed by atoms with Crippen molar-refractivity contribution >= 4 is 0 Å². The van der Waals surface area contributed by atoms with E-state index in [9.17, 15) is 9.50 Å². The average Bonchev–Trinajstić information content (AvgIpc) is 2.29. The molecule has 0 heterocycles. The predicted molar refractivity (Wildman–Crippen MR) is 62.0 cm³/mol. The molecule has 0 saturated carbocycles. The molecule has 1 aromatic rings. The van der Waals surface area contributed by atoms with Gasteiger partial charge in [0.2, 0.25) is 0 Å². The van der Waals surface area contributed by atoms with Crippen molar-refractivity contribution in [2.75, 3.05) is 19.8 Å². The van der Waals surface area contributed by atoms with E-state index in [1.165, 1.54) is 12.1 Å². The van der Waals surface area contributed by atoms with Gasteiger partial charge in [0.15, 0.2) is 0 Å². The van der Waals surface area contributed by atoms with Crippen molar-refractivity contribution in [3.05, 3.63) is 35.6 Å². The zero-order chi connectivity index (χ0) is 11.8. The molecule has 0 spiro atoms. The fourth-order valence-corrected chi connectivity index (χ4v) is 1.60. The van der Waals surface area contributed by atoms with E-state index < -0.39 is 0 Å². The van der Waals surface area contributed by atoms with Crippen LogP contribution < -0.4 is 0 Å². The Kier molecular flexibility index (Phi) is 6.04. The van der Waals surface area contributed by atoms with Crippen LogP contribution in [0.15, 0.2) is 24.3 Å². The fourth-order valence-electron chi connectivity index (χ4n) is 1.60. The minimum atomic E-state index is -0.259. The van der Waals surface area contributed by atoms with Gasteiger partial charge in [-0.15, -0.1) is 0 Å². The molecule has 1 atom stereocenters. The molecule has 1 aromatic carbocycles. The second kappa shape index (κ2) is 7.36. The predicted octanol–water partition coefficient (Wildman–Crippen LogP) is 2.72. The van der Waals surface area contributed by atoms with Gasteiger partial charge < -0.3 is 9.84 Å². The smallest absolute Gasteiger partial charge is 0.123 e. The van der Waals surface area contributed by atoms with Gasteiger partial charge in [-0.3, -0.25) is 0 Å². The molecule has 0 aromatic heterocycles. The SMILES string of the molecule is CCCOCCC(CO)c1cccc(F)c1. The minimum Gasteiger partial charge on any atom is -0.396 e. The van der Waals surface area contributed by atoms with E-state index in [0.717, 1.165) is 25.0 Å². The van der Waals surface area contributed by atoms with E-state index in [4.69, 9.17) is 4.74 Å². The molecular formula is C13H19FO2. The molecule has 0 radical (unpaired) electrons. The quantitative estimate of drug-likeness (QED) is 0.724. The number of rotatable bonds is 7. The third kappa shape index (κ3) is 4.29. The summed E-state index contributed by atoms with van der Waals surface area (Å²) in [4.78, 5) is 0. The van der Waals surface area contributed by atoms with Crippen LogP contribution in [0.5, 0.6) is 0 Å². The van der Waals surface area contributed by atoms with Crippen LogP contribution in [0, 0.1) is 5.82 Å². The van der Waals surface area contributed by atoms with Crippen LogP contribution in [0.25, 0.3) is 0 Å². The Hall–Kier alpha value is -0.930. The van der Waals surface area contributed by atoms with Gasteiger partial charge in [-0.25, -0.2) is 4.39 Å². The van der Waals surface area contributed by atoms with Crippen LogP contribution in [0.2, 0.25) is 0 Å². The van der Waals surface area contributed by atoms with Crippen molar-refractivity contribution in [2.45, 2.75) is 25.7 Å². The lowest BCUT2D eigenvalue weighted by Crippen LogP contribution is -2.08. The summed E-state index contributed by atoms with van der Waals surface area (Å²) in [6, 6.07) is 6.39. The molecule has 0 saturated heterocycles. The van der Waals surface area contributed by atoms with Gasteiger partial charge in [-0.1, -0.05) is 19.1 Å². The Balaban J connectivity index is 2.47. The minimum absolute atomic E-state index is 0.0267. The second-order valence-corrected chi connectivity index (χ2v) is 3.84. The molecule has 1 N–H and O–H groups in total. The normalized spacial score (nSPS) is 12.7. The van der Waals surface area contributed by atoms with Crippen molar-refractivity contribution in [2.24, 2.45) is 0 Å². The Morgan fingerprint density at radius 2 is 2.19 bits per heavy atom. The maximum Gasteiger partial charge on any atom is 0.123 e. The number of ether oxygens (including phenoxy) is 1. The topological polar surface area (TPSA) is 29.5 Å². The zero-order valence-corrected chi connectivity index (χ0v) is 9.66. The summed E-state index contributed by atoms with van der Waals surface area (Å²) in [6.45, 7) is 3.42. The molecule has 0 bridgehead atoms. The van der Waals surface area contributed by atoms with Gasteiger partial charge in [-0.05, 0) is 30.5 Å². The van der Waals surface area contributed by atoms with Crippen LogP contribution in [-0.4, -0.2) is 24.9 Å². The molecule has 1 unspecified atom stereocenters. The summed E-state index contributed by atoms with van der Waals surface area (Å²) in [5.74, 6) is -0.294. The first kappa shape index (κ1) is 13.1. The van der Waals surface area contributed by atoms with Gasteiger partial charge in [0.05, 0.1) is 6.61 Å². The summed E-state index contributed by atoms with van der Waals surface area (Å²) in [5.41, 5.74) is 0.836. The lowest BCUT2D eigenvalue weighted by Gasteiger charge is -2.14. The van der Waals surface area contributed by atoms with Crippen LogP contribution in [0.3, 0.4) is 0 Å². The van der Waals surface area contributed by atoms with E-state index in [0.29, 0.717) is 6.61 Å². The summed E-state index contributed by atoms with van der Waals surface area (Å²) >= 11 is 0. The lowest BCUT2D eigenvalue weighted by atomic mass is 9.97. The molecule has 0 aliphatic rings. The monoisotopic (exact) mass is 226 g/mol. The summed E-state index contributed by atoms with van der Waals surface area (Å²) < 4.78 is 18.4. The van der Waals surface area contributed by atoms with Crippen LogP contribution >= 0.6 is 0 Å². The van der Waals surface area contributed by atoms with E-state index in [1.54, 1.807) is 6.07 Å². The van der Waals surface area contributed by atoms with E-state index >= 15 is 0 Å². The number of aliphatic hydroxyl groups excluding tert-OH is 1. The number of hydrogen-bond donors (Lipinski definition) is 1. The number of benzene rings is 1. The molecule has 0 fully saturated rings. The Labute approximate surface area is 96.1 Å². The first-order chi connectivity index (χ1) is 7.77. The number of aliphatic hydroxyl groups is 1. The lowest BCUT2D eigenvalue weighted by molar-refractivity contribution is 0.119. The highest BCUT2D eigenvalue weighted by Gasteiger charge is 2.10. The molecular weight excluding hydrogens is 207 g/mol. The molecule has 0 amide bonds. The maximum absolute atomic E-state index is 13.0. The Morgan fingerprint density at radius 1 is 1.38 bits per heavy atom. The van der Waals surface area contributed by atoms with Crippen molar-refractivity contribution in [1.82, 2.24) is 0 Å². The second-order valence-electron chi connectivity index (χ2n) is 3.84.